The SMILES string of the molecule is CC(C(=O)O)N(C(=O)Cc1ccccc1Cl)C1CC1. The van der Waals surface area contributed by atoms with Crippen LogP contribution in [0, 0.1) is 0 Å². The monoisotopic (exact) mass is 281 g/mol. The summed E-state index contributed by atoms with van der Waals surface area (Å²) in [6.45, 7) is 1.55. The van der Waals surface area contributed by atoms with E-state index in [-0.39, 0.29) is 18.4 Å². The smallest absolute Gasteiger partial charge is 0.326 e. The lowest BCUT2D eigenvalue weighted by molar-refractivity contribution is -0.149. The Balaban J connectivity index is 2.12. The minimum atomic E-state index is -0.973. The van der Waals surface area contributed by atoms with Gasteiger partial charge >= 0.3 is 5.97 Å². The van der Waals surface area contributed by atoms with Gasteiger partial charge in [0.25, 0.3) is 0 Å². The maximum Gasteiger partial charge on any atom is 0.326 e. The van der Waals surface area contributed by atoms with Gasteiger partial charge in [-0.15, -0.1) is 0 Å². The summed E-state index contributed by atoms with van der Waals surface area (Å²) in [7, 11) is 0. The number of carbonyl (C=O) groups excluding carboxylic acids is 1. The van der Waals surface area contributed by atoms with E-state index in [0.717, 1.165) is 18.4 Å². The molecule has 0 aromatic heterocycles. The van der Waals surface area contributed by atoms with E-state index in [0.29, 0.717) is 5.02 Å². The Morgan fingerprint density at radius 3 is 2.58 bits per heavy atom. The Kier molecular flexibility index (Phi) is 4.10. The first kappa shape index (κ1) is 13.9. The van der Waals surface area contributed by atoms with Gasteiger partial charge in [0, 0.05) is 11.1 Å². The van der Waals surface area contributed by atoms with Gasteiger partial charge in [0.2, 0.25) is 5.91 Å². The van der Waals surface area contributed by atoms with Crippen molar-refractivity contribution in [1.29, 1.82) is 0 Å². The van der Waals surface area contributed by atoms with Gasteiger partial charge in [-0.25, -0.2) is 4.79 Å². The molecule has 0 heterocycles. The second-order valence-electron chi connectivity index (χ2n) is 4.81. The number of benzene rings is 1. The van der Waals surface area contributed by atoms with Crippen LogP contribution in [0.2, 0.25) is 5.02 Å². The summed E-state index contributed by atoms with van der Waals surface area (Å²) in [6, 6.07) is 6.41. The van der Waals surface area contributed by atoms with Crippen molar-refractivity contribution < 1.29 is 14.7 Å². The van der Waals surface area contributed by atoms with E-state index >= 15 is 0 Å². The second kappa shape index (κ2) is 5.61. The molecule has 1 aromatic carbocycles. The van der Waals surface area contributed by atoms with Crippen LogP contribution in [-0.2, 0) is 16.0 Å². The fourth-order valence-electron chi connectivity index (χ4n) is 2.10. The van der Waals surface area contributed by atoms with Crippen LogP contribution in [0.3, 0.4) is 0 Å². The van der Waals surface area contributed by atoms with Gasteiger partial charge in [-0.2, -0.15) is 0 Å². The zero-order valence-electron chi connectivity index (χ0n) is 10.7. The highest BCUT2D eigenvalue weighted by Gasteiger charge is 2.38. The van der Waals surface area contributed by atoms with Crippen molar-refractivity contribution in [3.63, 3.8) is 0 Å². The van der Waals surface area contributed by atoms with Crippen LogP contribution in [-0.4, -0.2) is 34.0 Å². The molecule has 0 bridgehead atoms. The predicted octanol–water partition coefficient (Wildman–Crippen LogP) is 2.35. The van der Waals surface area contributed by atoms with Crippen molar-refractivity contribution in [2.75, 3.05) is 0 Å². The van der Waals surface area contributed by atoms with Crippen LogP contribution in [0.25, 0.3) is 0 Å². The predicted molar refractivity (Wildman–Crippen MR) is 72.1 cm³/mol. The summed E-state index contributed by atoms with van der Waals surface area (Å²) in [4.78, 5) is 24.9. The first-order chi connectivity index (χ1) is 9.00. The summed E-state index contributed by atoms with van der Waals surface area (Å²) < 4.78 is 0. The molecule has 0 spiro atoms. The molecule has 0 radical (unpaired) electrons. The van der Waals surface area contributed by atoms with E-state index in [2.05, 4.69) is 0 Å². The summed E-state index contributed by atoms with van der Waals surface area (Å²) in [6.07, 6.45) is 1.91. The lowest BCUT2D eigenvalue weighted by Gasteiger charge is -2.26. The van der Waals surface area contributed by atoms with Gasteiger partial charge in [-0.1, -0.05) is 29.8 Å². The second-order valence-corrected chi connectivity index (χ2v) is 5.22. The van der Waals surface area contributed by atoms with Crippen LogP contribution in [0.15, 0.2) is 24.3 Å². The maximum atomic E-state index is 12.3. The number of hydrogen-bond donors (Lipinski definition) is 1. The Hall–Kier alpha value is -1.55. The molecule has 19 heavy (non-hydrogen) atoms. The fraction of sp³-hybridized carbons (Fsp3) is 0.429. The van der Waals surface area contributed by atoms with Crippen LogP contribution in [0.5, 0.6) is 0 Å². The molecule has 5 heteroatoms. The van der Waals surface area contributed by atoms with E-state index in [1.807, 2.05) is 6.07 Å². The Morgan fingerprint density at radius 1 is 1.42 bits per heavy atom. The Labute approximate surface area is 117 Å². The van der Waals surface area contributed by atoms with Gasteiger partial charge in [-0.05, 0) is 31.4 Å². The number of carbonyl (C=O) groups is 2. The van der Waals surface area contributed by atoms with Gasteiger partial charge in [0.1, 0.15) is 6.04 Å². The lowest BCUT2D eigenvalue weighted by Crippen LogP contribution is -2.45. The minimum absolute atomic E-state index is 0.0705. The largest absolute Gasteiger partial charge is 0.480 e. The van der Waals surface area contributed by atoms with Crippen molar-refractivity contribution in [2.24, 2.45) is 0 Å². The first-order valence-corrected chi connectivity index (χ1v) is 6.66. The molecule has 1 saturated carbocycles. The van der Waals surface area contributed by atoms with Gasteiger partial charge in [0.05, 0.1) is 6.42 Å². The van der Waals surface area contributed by atoms with Crippen LogP contribution < -0.4 is 0 Å². The van der Waals surface area contributed by atoms with E-state index in [1.54, 1.807) is 25.1 Å². The van der Waals surface area contributed by atoms with E-state index in [1.165, 1.54) is 4.90 Å². The van der Waals surface area contributed by atoms with Crippen molar-refractivity contribution in [3.05, 3.63) is 34.9 Å². The van der Waals surface area contributed by atoms with Crippen LogP contribution >= 0.6 is 11.6 Å². The molecule has 1 aliphatic rings. The Morgan fingerprint density at radius 2 is 2.05 bits per heavy atom. The number of nitrogens with zero attached hydrogens (tertiary/aromatic N) is 1. The molecule has 1 aliphatic carbocycles. The zero-order valence-corrected chi connectivity index (χ0v) is 11.4. The number of aliphatic carboxylic acids is 1. The molecule has 2 rings (SSSR count). The first-order valence-electron chi connectivity index (χ1n) is 6.28. The highest BCUT2D eigenvalue weighted by atomic mass is 35.5. The summed E-state index contributed by atoms with van der Waals surface area (Å²) >= 11 is 6.02. The molecule has 1 aromatic rings. The van der Waals surface area contributed by atoms with Crippen LogP contribution in [0.1, 0.15) is 25.3 Å². The molecule has 102 valence electrons. The van der Waals surface area contributed by atoms with E-state index < -0.39 is 12.0 Å². The normalized spacial score (nSPS) is 15.9. The van der Waals surface area contributed by atoms with Crippen molar-refractivity contribution >= 4 is 23.5 Å². The minimum Gasteiger partial charge on any atom is -0.480 e. The average Bonchev–Trinajstić information content (AvgIpc) is 3.16. The molecule has 1 unspecified atom stereocenters. The number of carboxylic acids is 1. The van der Waals surface area contributed by atoms with E-state index in [9.17, 15) is 9.59 Å². The summed E-state index contributed by atoms with van der Waals surface area (Å²) in [5.74, 6) is -1.15. The fourth-order valence-corrected chi connectivity index (χ4v) is 2.31. The number of rotatable bonds is 5. The number of hydrogen-bond acceptors (Lipinski definition) is 2. The molecule has 1 amide bonds. The topological polar surface area (TPSA) is 57.6 Å². The molecule has 1 N–H and O–H groups in total. The van der Waals surface area contributed by atoms with Gasteiger partial charge in [-0.3, -0.25) is 4.79 Å². The van der Waals surface area contributed by atoms with E-state index in [4.69, 9.17) is 16.7 Å². The number of amides is 1. The average molecular weight is 282 g/mol. The van der Waals surface area contributed by atoms with Crippen LogP contribution in [0.4, 0.5) is 0 Å². The van der Waals surface area contributed by atoms with Gasteiger partial charge in [0.15, 0.2) is 0 Å². The zero-order chi connectivity index (χ0) is 14.0. The molecule has 1 fully saturated rings. The highest BCUT2D eigenvalue weighted by Crippen LogP contribution is 2.30. The third-order valence-corrected chi connectivity index (χ3v) is 3.67. The molecule has 0 saturated heterocycles. The molecular weight excluding hydrogens is 266 g/mol. The number of carboxylic acid groups (broad SMARTS) is 1. The molecule has 0 aliphatic heterocycles. The third kappa shape index (κ3) is 3.26. The number of halogens is 1. The molecule has 1 atom stereocenters. The quantitative estimate of drug-likeness (QED) is 0.901. The van der Waals surface area contributed by atoms with Crippen molar-refractivity contribution in [1.82, 2.24) is 4.90 Å². The third-order valence-electron chi connectivity index (χ3n) is 3.30. The standard InChI is InChI=1S/C14H16ClNO3/c1-9(14(18)19)16(11-6-7-11)13(17)8-10-4-2-3-5-12(10)15/h2-5,9,11H,6-8H2,1H3,(H,18,19). The van der Waals surface area contributed by atoms with Gasteiger partial charge < -0.3 is 10.0 Å². The summed E-state index contributed by atoms with van der Waals surface area (Å²) in [5, 5.41) is 9.62. The van der Waals surface area contributed by atoms with Crippen molar-refractivity contribution in [3.8, 4) is 0 Å². The van der Waals surface area contributed by atoms with Crippen molar-refractivity contribution in [2.45, 2.75) is 38.3 Å². The lowest BCUT2D eigenvalue weighted by atomic mass is 10.1. The highest BCUT2D eigenvalue weighted by molar-refractivity contribution is 6.31. The Bertz CT molecular complexity index is 499. The molecular formula is C14H16ClNO3. The maximum absolute atomic E-state index is 12.3. The summed E-state index contributed by atoms with van der Waals surface area (Å²) in [5.41, 5.74) is 0.734. The molecule has 4 nitrogen and oxygen atoms in total.